The predicted molar refractivity (Wildman–Crippen MR) is 297 cm³/mol. The Bertz CT molecular complexity index is 2040. The number of cyclic esters (lactones) is 1. The van der Waals surface area contributed by atoms with Crippen molar-refractivity contribution in [2.24, 2.45) is 35.5 Å². The quantitative estimate of drug-likeness (QED) is 0.0617. The van der Waals surface area contributed by atoms with Crippen molar-refractivity contribution in [3.05, 3.63) is 47.6 Å². The lowest BCUT2D eigenvalue weighted by molar-refractivity contribution is -0.265. The molecule has 432 valence electrons. The van der Waals surface area contributed by atoms with E-state index in [1.807, 2.05) is 58.1 Å². The second kappa shape index (κ2) is 29.9. The molecule has 1 amide bonds. The summed E-state index contributed by atoms with van der Waals surface area (Å²) in [6.45, 7) is 25.3. The van der Waals surface area contributed by atoms with Crippen molar-refractivity contribution in [2.75, 3.05) is 41.1 Å². The molecule has 4 aliphatic rings. The number of ketones is 3. The lowest BCUT2D eigenvalue weighted by Crippen LogP contribution is -2.61. The monoisotopic (exact) mass is 1090 g/mol. The lowest BCUT2D eigenvalue weighted by Gasteiger charge is -2.42. The van der Waals surface area contributed by atoms with Gasteiger partial charge in [0.2, 0.25) is 5.79 Å². The second-order valence-electron chi connectivity index (χ2n) is 24.4. The van der Waals surface area contributed by atoms with Crippen molar-refractivity contribution in [1.29, 1.82) is 0 Å². The summed E-state index contributed by atoms with van der Waals surface area (Å²) in [4.78, 5) is 72.8. The number of aliphatic hydroxyl groups is 2. The molecule has 0 aromatic heterocycles. The number of esters is 1. The number of Topliss-reactive ketones (excluding diaryl/α,β-unsaturated/α-hetero) is 3. The van der Waals surface area contributed by atoms with E-state index in [0.29, 0.717) is 70.2 Å². The number of piperidine rings is 1. The summed E-state index contributed by atoms with van der Waals surface area (Å²) in [6, 6.07) is -1.14. The highest BCUT2D eigenvalue weighted by Gasteiger charge is 2.53. The van der Waals surface area contributed by atoms with E-state index in [1.165, 1.54) is 12.0 Å². The minimum atomic E-state index is -2.43. The molecule has 16 heteroatoms. The smallest absolute Gasteiger partial charge is 0.329 e. The highest BCUT2D eigenvalue weighted by molar-refractivity contribution is 6.74. The molecule has 76 heavy (non-hydrogen) atoms. The van der Waals surface area contributed by atoms with Gasteiger partial charge in [0.05, 0.1) is 24.4 Å². The molecule has 4 rings (SSSR count). The number of ether oxygens (including phenoxy) is 6. The van der Waals surface area contributed by atoms with Gasteiger partial charge in [0.25, 0.3) is 11.7 Å². The summed E-state index contributed by atoms with van der Waals surface area (Å²) in [5.74, 6) is -7.85. The van der Waals surface area contributed by atoms with Crippen LogP contribution in [0.4, 0.5) is 0 Å². The van der Waals surface area contributed by atoms with Crippen LogP contribution < -0.4 is 0 Å². The van der Waals surface area contributed by atoms with E-state index in [2.05, 4.69) is 33.9 Å². The highest BCUT2D eigenvalue weighted by atomic mass is 28.4. The van der Waals surface area contributed by atoms with Gasteiger partial charge in [-0.25, -0.2) is 4.79 Å². The molecular formula is C60H99NO14Si. The third-order valence-corrected chi connectivity index (χ3v) is 21.9. The van der Waals surface area contributed by atoms with Crippen molar-refractivity contribution < 1.29 is 67.0 Å². The van der Waals surface area contributed by atoms with Crippen LogP contribution in [0.1, 0.15) is 153 Å². The maximum Gasteiger partial charge on any atom is 0.329 e. The fourth-order valence-electron chi connectivity index (χ4n) is 11.1. The number of allylic oxidation sites excluding steroid dienone is 6. The Morgan fingerprint density at radius 1 is 0.842 bits per heavy atom. The van der Waals surface area contributed by atoms with E-state index in [-0.39, 0.29) is 66.0 Å². The fraction of sp³-hybridized carbons (Fsp3) is 0.783. The summed E-state index contributed by atoms with van der Waals surface area (Å²) in [6.07, 6.45) is 13.3. The molecule has 0 aromatic carbocycles. The normalized spacial score (nSPS) is 36.8. The molecule has 0 unspecified atom stereocenters. The van der Waals surface area contributed by atoms with Crippen LogP contribution in [-0.2, 0) is 56.8 Å². The zero-order valence-corrected chi connectivity index (χ0v) is 50.1. The molecule has 0 spiro atoms. The highest BCUT2D eigenvalue weighted by Crippen LogP contribution is 2.39. The molecule has 0 aromatic rings. The van der Waals surface area contributed by atoms with Crippen LogP contribution >= 0.6 is 0 Å². The van der Waals surface area contributed by atoms with Gasteiger partial charge in [0.15, 0.2) is 14.1 Å². The lowest BCUT2D eigenvalue weighted by atomic mass is 9.78. The molecule has 2 bridgehead atoms. The number of rotatable bonds is 12. The first-order valence-corrected chi connectivity index (χ1v) is 31.3. The predicted octanol–water partition coefficient (Wildman–Crippen LogP) is 9.62. The van der Waals surface area contributed by atoms with Crippen molar-refractivity contribution >= 4 is 37.5 Å². The van der Waals surface area contributed by atoms with Gasteiger partial charge in [-0.1, -0.05) is 91.8 Å². The number of aliphatic hydroxyl groups excluding tert-OH is 1. The van der Waals surface area contributed by atoms with Crippen LogP contribution in [0.2, 0.25) is 18.1 Å². The number of hydrogen-bond donors (Lipinski definition) is 2. The Balaban J connectivity index is 1.64. The van der Waals surface area contributed by atoms with Crippen LogP contribution in [0.3, 0.4) is 0 Å². The summed E-state index contributed by atoms with van der Waals surface area (Å²) in [7, 11) is 2.81. The number of carbonyl (C=O) groups is 5. The van der Waals surface area contributed by atoms with Crippen molar-refractivity contribution in [3.8, 4) is 0 Å². The number of hydrogen-bond acceptors (Lipinski definition) is 14. The number of methoxy groups -OCH3 is 3. The van der Waals surface area contributed by atoms with Crippen molar-refractivity contribution in [1.82, 2.24) is 4.90 Å². The number of amides is 1. The second-order valence-corrected chi connectivity index (χ2v) is 29.2. The zero-order chi connectivity index (χ0) is 56.7. The first kappa shape index (κ1) is 65.3. The number of nitrogens with zero attached hydrogens (tertiary/aromatic N) is 1. The van der Waals surface area contributed by atoms with E-state index in [0.717, 1.165) is 24.8 Å². The molecule has 1 saturated carbocycles. The Hall–Kier alpha value is -3.19. The third kappa shape index (κ3) is 17.9. The first-order valence-electron chi connectivity index (χ1n) is 28.4. The SMILES string of the molecule is CO[C@H]1C[C@@H]2CC[C@@H](C)[C@@](O)(O2)C(=O)C(=O)N2CCCC[C@H]2C(=O)O[C@H]([C@H](C)C[C@@H]2CC[C@@H](OCCCO[Si](C)(C)C(C)(C)C)[C@H](OC)C2)CC(=O)[C@H](C)/C=C(\C)[C@@H](O)[C@@H](OC)C(=O)[C@H](C)C[C@H](C)/C=C/C=C/C=C/1C. The van der Waals surface area contributed by atoms with Crippen LogP contribution in [0.25, 0.3) is 0 Å². The fourth-order valence-corrected chi connectivity index (χ4v) is 12.2. The van der Waals surface area contributed by atoms with Crippen LogP contribution in [-0.4, -0.2) is 148 Å². The maximum atomic E-state index is 14.6. The molecule has 2 saturated heterocycles. The van der Waals surface area contributed by atoms with Gasteiger partial charge in [-0.15, -0.1) is 0 Å². The minimum absolute atomic E-state index is 0.0172. The topological polar surface area (TPSA) is 194 Å². The van der Waals surface area contributed by atoms with Gasteiger partial charge in [-0.2, -0.15) is 0 Å². The molecule has 15 atom stereocenters. The largest absolute Gasteiger partial charge is 0.460 e. The molecule has 3 fully saturated rings. The molecule has 2 N–H and O–H groups in total. The van der Waals surface area contributed by atoms with Crippen molar-refractivity contribution in [3.63, 3.8) is 0 Å². The van der Waals surface area contributed by atoms with E-state index < -0.39 is 86.1 Å². The van der Waals surface area contributed by atoms with Gasteiger partial charge < -0.3 is 48.0 Å². The van der Waals surface area contributed by atoms with E-state index in [1.54, 1.807) is 41.1 Å². The maximum absolute atomic E-state index is 14.6. The molecule has 0 radical (unpaired) electrons. The Kier molecular flexibility index (Phi) is 25.7. The first-order chi connectivity index (χ1) is 35.7. The van der Waals surface area contributed by atoms with Crippen LogP contribution in [0, 0.1) is 35.5 Å². The van der Waals surface area contributed by atoms with Gasteiger partial charge in [-0.05, 0) is 132 Å². The van der Waals surface area contributed by atoms with Gasteiger partial charge in [0.1, 0.15) is 30.1 Å². The molecule has 1 aliphatic carbocycles. The van der Waals surface area contributed by atoms with Crippen LogP contribution in [0.5, 0.6) is 0 Å². The van der Waals surface area contributed by atoms with E-state index in [9.17, 15) is 34.2 Å². The van der Waals surface area contributed by atoms with E-state index in [4.69, 9.17) is 32.8 Å². The molecule has 3 aliphatic heterocycles. The number of carbonyl (C=O) groups excluding carboxylic acids is 5. The van der Waals surface area contributed by atoms with Gasteiger partial charge in [-0.3, -0.25) is 19.2 Å². The average molecular weight is 1090 g/mol. The summed E-state index contributed by atoms with van der Waals surface area (Å²) < 4.78 is 42.9. The summed E-state index contributed by atoms with van der Waals surface area (Å²) in [5, 5.41) is 23.7. The molecular weight excluding hydrogens is 987 g/mol. The number of fused-ring (bicyclic) bond motifs is 3. The van der Waals surface area contributed by atoms with Gasteiger partial charge in [0, 0.05) is 71.7 Å². The summed E-state index contributed by atoms with van der Waals surface area (Å²) >= 11 is 0. The van der Waals surface area contributed by atoms with Gasteiger partial charge >= 0.3 is 5.97 Å². The van der Waals surface area contributed by atoms with E-state index >= 15 is 0 Å². The Morgan fingerprint density at radius 3 is 2.21 bits per heavy atom. The Morgan fingerprint density at radius 2 is 1.55 bits per heavy atom. The van der Waals surface area contributed by atoms with Crippen molar-refractivity contribution in [2.45, 2.75) is 225 Å². The summed E-state index contributed by atoms with van der Waals surface area (Å²) in [5.41, 5.74) is 1.28. The average Bonchev–Trinajstić information content (AvgIpc) is 3.37. The minimum Gasteiger partial charge on any atom is -0.460 e. The molecule has 15 nitrogen and oxygen atoms in total. The third-order valence-electron chi connectivity index (χ3n) is 17.3. The van der Waals surface area contributed by atoms with Crippen LogP contribution in [0.15, 0.2) is 47.6 Å². The zero-order valence-electron chi connectivity index (χ0n) is 49.1. The Labute approximate surface area is 457 Å². The standard InChI is InChI=1S/C60H99NO14Si/c1-38-22-17-16-18-23-39(2)50(69-11)36-46-27-25-44(7)60(68,75-46)56(65)57(66)61-29-20-19-24-47(61)58(67)74-51(37-48(62)40(3)33-43(6)54(64)55(71-13)53(63)42(5)32-38)41(4)34-45-26-28-49(52(35-45)70-12)72-30-21-31-73-76(14,15)59(8,9)10/h16-18,22-23,33,38,40-42,44-47,49-52,54-55,64,68H,19-21,24-32,34-37H2,1-15H3/b18-16+,22-17+,39-23+,43-33+/t38-,40-,41-,42-,44-,45+,46+,47+,49-,50+,51+,52-,54-,55+,60-/m1/s1. The molecule has 3 heterocycles.